The van der Waals surface area contributed by atoms with E-state index in [1.54, 1.807) is 0 Å². The van der Waals surface area contributed by atoms with Crippen molar-refractivity contribution in [3.8, 4) is 0 Å². The number of aromatic nitrogens is 2. The highest BCUT2D eigenvalue weighted by molar-refractivity contribution is 14.0. The van der Waals surface area contributed by atoms with Gasteiger partial charge in [-0.2, -0.15) is 5.10 Å². The molecule has 7 heteroatoms. The predicted octanol–water partition coefficient (Wildman–Crippen LogP) is 3.01. The van der Waals surface area contributed by atoms with Crippen LogP contribution in [0.3, 0.4) is 0 Å². The van der Waals surface area contributed by atoms with E-state index < -0.39 is 0 Å². The van der Waals surface area contributed by atoms with E-state index in [0.717, 1.165) is 51.6 Å². The van der Waals surface area contributed by atoms with Crippen LogP contribution in [0.5, 0.6) is 0 Å². The van der Waals surface area contributed by atoms with Crippen molar-refractivity contribution in [1.82, 2.24) is 20.0 Å². The van der Waals surface area contributed by atoms with Crippen molar-refractivity contribution in [1.29, 1.82) is 0 Å². The number of ether oxygens (including phenoxy) is 1. The Bertz CT molecular complexity index is 662. The Morgan fingerprint density at radius 1 is 1.30 bits per heavy atom. The molecule has 148 valence electrons. The quantitative estimate of drug-likeness (QED) is 0.272. The second-order valence-corrected chi connectivity index (χ2v) is 6.70. The lowest BCUT2D eigenvalue weighted by Crippen LogP contribution is -2.40. The Labute approximate surface area is 179 Å². The van der Waals surface area contributed by atoms with E-state index in [0.29, 0.717) is 12.5 Å². The normalized spacial score (nSPS) is 17.0. The lowest BCUT2D eigenvalue weighted by Gasteiger charge is -2.21. The first-order valence-electron chi connectivity index (χ1n) is 9.40. The number of hydrogen-bond acceptors (Lipinski definition) is 3. The lowest BCUT2D eigenvalue weighted by molar-refractivity contribution is 0.0907. The third kappa shape index (κ3) is 7.14. The number of rotatable bonds is 8. The van der Waals surface area contributed by atoms with Crippen molar-refractivity contribution < 1.29 is 4.74 Å². The predicted molar refractivity (Wildman–Crippen MR) is 119 cm³/mol. The summed E-state index contributed by atoms with van der Waals surface area (Å²) in [6.07, 6.45) is 5.99. The van der Waals surface area contributed by atoms with E-state index in [4.69, 9.17) is 4.74 Å². The van der Waals surface area contributed by atoms with Crippen LogP contribution in [0.4, 0.5) is 0 Å². The van der Waals surface area contributed by atoms with E-state index in [2.05, 4.69) is 44.6 Å². The van der Waals surface area contributed by atoms with Crippen LogP contribution in [0, 0.1) is 5.92 Å². The van der Waals surface area contributed by atoms with E-state index in [1.165, 1.54) is 5.56 Å². The maximum atomic E-state index is 5.91. The number of benzene rings is 1. The number of hydrogen-bond donors (Lipinski definition) is 1. The first-order chi connectivity index (χ1) is 12.8. The van der Waals surface area contributed by atoms with Crippen LogP contribution in [-0.2, 0) is 17.9 Å². The molecule has 0 spiro atoms. The van der Waals surface area contributed by atoms with Gasteiger partial charge in [-0.25, -0.2) is 0 Å². The van der Waals surface area contributed by atoms with Crippen molar-refractivity contribution in [3.63, 3.8) is 0 Å². The molecule has 2 aromatic rings. The van der Waals surface area contributed by atoms with Crippen molar-refractivity contribution in [3.05, 3.63) is 54.4 Å². The minimum atomic E-state index is 0. The topological polar surface area (TPSA) is 54.7 Å². The molecule has 0 amide bonds. The molecule has 1 atom stereocenters. The van der Waals surface area contributed by atoms with Crippen molar-refractivity contribution in [2.45, 2.75) is 26.0 Å². The number of halogens is 1. The van der Waals surface area contributed by atoms with Crippen molar-refractivity contribution in [2.75, 3.05) is 33.3 Å². The van der Waals surface area contributed by atoms with Gasteiger partial charge in [0.2, 0.25) is 0 Å². The Kier molecular flexibility index (Phi) is 9.61. The van der Waals surface area contributed by atoms with Gasteiger partial charge in [-0.3, -0.25) is 9.67 Å². The molecule has 1 unspecified atom stereocenters. The lowest BCUT2D eigenvalue weighted by atomic mass is 10.1. The van der Waals surface area contributed by atoms with Gasteiger partial charge in [-0.1, -0.05) is 30.3 Å². The molecule has 27 heavy (non-hydrogen) atoms. The summed E-state index contributed by atoms with van der Waals surface area (Å²) in [6.45, 7) is 5.37. The zero-order valence-electron chi connectivity index (χ0n) is 16.0. The van der Waals surface area contributed by atoms with Gasteiger partial charge in [0.05, 0.1) is 13.2 Å². The Balaban J connectivity index is 0.00000261. The highest BCUT2D eigenvalue weighted by atomic mass is 127. The van der Waals surface area contributed by atoms with E-state index >= 15 is 0 Å². The third-order valence-electron chi connectivity index (χ3n) is 4.67. The zero-order chi connectivity index (χ0) is 18.0. The molecular weight excluding hydrogens is 453 g/mol. The maximum Gasteiger partial charge on any atom is 0.193 e. The summed E-state index contributed by atoms with van der Waals surface area (Å²) in [5, 5.41) is 7.70. The number of likely N-dealkylation sites (tertiary alicyclic amines) is 1. The molecule has 1 aromatic carbocycles. The summed E-state index contributed by atoms with van der Waals surface area (Å²) < 4.78 is 7.87. The van der Waals surface area contributed by atoms with Crippen LogP contribution in [0.1, 0.15) is 18.4 Å². The summed E-state index contributed by atoms with van der Waals surface area (Å²) >= 11 is 0. The monoisotopic (exact) mass is 483 g/mol. The van der Waals surface area contributed by atoms with Gasteiger partial charge in [0, 0.05) is 51.5 Å². The molecule has 1 aliphatic rings. The molecule has 6 nitrogen and oxygen atoms in total. The fourth-order valence-electron chi connectivity index (χ4n) is 3.28. The molecule has 0 bridgehead atoms. The molecule has 1 N–H and O–H groups in total. The first kappa shape index (κ1) is 21.7. The summed E-state index contributed by atoms with van der Waals surface area (Å²) in [5.74, 6) is 1.57. The van der Waals surface area contributed by atoms with Crippen LogP contribution in [0.2, 0.25) is 0 Å². The second kappa shape index (κ2) is 12.0. The first-order valence-corrected chi connectivity index (χ1v) is 9.40. The van der Waals surface area contributed by atoms with E-state index in [9.17, 15) is 0 Å². The average molecular weight is 483 g/mol. The van der Waals surface area contributed by atoms with Crippen LogP contribution in [-0.4, -0.2) is 53.9 Å². The molecule has 1 fully saturated rings. The second-order valence-electron chi connectivity index (χ2n) is 6.70. The van der Waals surface area contributed by atoms with E-state index in [1.807, 2.05) is 36.3 Å². The van der Waals surface area contributed by atoms with Crippen LogP contribution >= 0.6 is 24.0 Å². The molecular formula is C20H30IN5O. The van der Waals surface area contributed by atoms with Gasteiger partial charge >= 0.3 is 0 Å². The maximum absolute atomic E-state index is 5.91. The summed E-state index contributed by atoms with van der Waals surface area (Å²) in [6, 6.07) is 12.3. The van der Waals surface area contributed by atoms with Crippen molar-refractivity contribution in [2.24, 2.45) is 10.9 Å². The van der Waals surface area contributed by atoms with Gasteiger partial charge < -0.3 is 15.0 Å². The molecule has 0 radical (unpaired) electrons. The minimum absolute atomic E-state index is 0. The van der Waals surface area contributed by atoms with Crippen LogP contribution in [0.15, 0.2) is 53.8 Å². The number of guanidine groups is 1. The molecule has 1 aromatic heterocycles. The Hall–Kier alpha value is -1.61. The van der Waals surface area contributed by atoms with Gasteiger partial charge in [0.1, 0.15) is 0 Å². The largest absolute Gasteiger partial charge is 0.376 e. The van der Waals surface area contributed by atoms with E-state index in [-0.39, 0.29) is 24.0 Å². The molecule has 0 saturated carbocycles. The Morgan fingerprint density at radius 2 is 2.15 bits per heavy atom. The van der Waals surface area contributed by atoms with Crippen LogP contribution in [0.25, 0.3) is 0 Å². The number of nitrogens with zero attached hydrogens (tertiary/aromatic N) is 4. The van der Waals surface area contributed by atoms with Gasteiger partial charge in [-0.15, -0.1) is 24.0 Å². The number of aliphatic imine (C=N–C) groups is 1. The highest BCUT2D eigenvalue weighted by Gasteiger charge is 2.24. The standard InChI is InChI=1S/C20H29N5O.HI/c1-21-20(22-10-5-12-25-13-6-11-23-25)24-14-9-19(15-24)17-26-16-18-7-3-2-4-8-18;/h2-4,6-8,11,13,19H,5,9-10,12,14-17H2,1H3,(H,21,22);1H. The number of nitrogens with one attached hydrogen (secondary N) is 1. The molecule has 1 saturated heterocycles. The summed E-state index contributed by atoms with van der Waals surface area (Å²) in [4.78, 5) is 6.77. The number of aryl methyl sites for hydroxylation is 1. The van der Waals surface area contributed by atoms with Gasteiger partial charge in [0.25, 0.3) is 0 Å². The fraction of sp³-hybridized carbons (Fsp3) is 0.500. The third-order valence-corrected chi connectivity index (χ3v) is 4.67. The van der Waals surface area contributed by atoms with Crippen LogP contribution < -0.4 is 5.32 Å². The molecule has 1 aliphatic heterocycles. The Morgan fingerprint density at radius 3 is 2.89 bits per heavy atom. The molecule has 2 heterocycles. The summed E-state index contributed by atoms with van der Waals surface area (Å²) in [5.41, 5.74) is 1.23. The summed E-state index contributed by atoms with van der Waals surface area (Å²) in [7, 11) is 1.86. The SMILES string of the molecule is CN=C(NCCCn1cccn1)N1CCC(COCc2ccccc2)C1.I. The fourth-order valence-corrected chi connectivity index (χ4v) is 3.28. The van der Waals surface area contributed by atoms with Crippen molar-refractivity contribution >= 4 is 29.9 Å². The molecule has 3 rings (SSSR count). The molecule has 0 aliphatic carbocycles. The average Bonchev–Trinajstić information content (AvgIpc) is 3.35. The zero-order valence-corrected chi connectivity index (χ0v) is 18.3. The minimum Gasteiger partial charge on any atom is -0.376 e. The van der Waals surface area contributed by atoms with Gasteiger partial charge in [-0.05, 0) is 24.5 Å². The smallest absolute Gasteiger partial charge is 0.193 e. The highest BCUT2D eigenvalue weighted by Crippen LogP contribution is 2.17. The van der Waals surface area contributed by atoms with Gasteiger partial charge in [0.15, 0.2) is 5.96 Å².